The summed E-state index contributed by atoms with van der Waals surface area (Å²) in [6.07, 6.45) is 4.95. The van der Waals surface area contributed by atoms with Crippen LogP contribution in [-0.2, 0) is 11.3 Å². The summed E-state index contributed by atoms with van der Waals surface area (Å²) in [6.45, 7) is 2.70. The number of aliphatic hydroxyl groups is 1. The van der Waals surface area contributed by atoms with Crippen LogP contribution in [0.4, 0.5) is 0 Å². The number of piperidine rings is 2. The summed E-state index contributed by atoms with van der Waals surface area (Å²) in [5, 5.41) is 16.0. The Balaban J connectivity index is 1.15. The van der Waals surface area contributed by atoms with Crippen LogP contribution in [0.1, 0.15) is 30.7 Å². The number of nitrogens with zero attached hydrogens (tertiary/aromatic N) is 4. The SMILES string of the molecule is O=C([C@@H]1CCNC[C@H]1c1ccccc1)N1CCC(O)(Cn2cnc3c(ccn3-c3ccc(Cl)cc3)c2=O)CC1. The lowest BCUT2D eigenvalue weighted by Gasteiger charge is -2.41. The number of rotatable bonds is 5. The molecule has 2 atom stereocenters. The van der Waals surface area contributed by atoms with E-state index in [0.29, 0.717) is 42.0 Å². The lowest BCUT2D eigenvalue weighted by atomic mass is 9.80. The summed E-state index contributed by atoms with van der Waals surface area (Å²) >= 11 is 6.01. The fourth-order valence-electron chi connectivity index (χ4n) is 6.03. The van der Waals surface area contributed by atoms with Crippen molar-refractivity contribution in [2.75, 3.05) is 26.2 Å². The van der Waals surface area contributed by atoms with E-state index in [1.54, 1.807) is 18.2 Å². The smallest absolute Gasteiger partial charge is 0.262 e. The number of carbonyl (C=O) groups excluding carboxylic acids is 1. The van der Waals surface area contributed by atoms with Gasteiger partial charge in [-0.15, -0.1) is 0 Å². The number of nitrogens with one attached hydrogen (secondary N) is 1. The van der Waals surface area contributed by atoms with E-state index in [0.717, 1.165) is 25.2 Å². The maximum absolute atomic E-state index is 13.6. The second kappa shape index (κ2) is 10.6. The first-order chi connectivity index (χ1) is 18.9. The molecular weight excluding hydrogens is 514 g/mol. The van der Waals surface area contributed by atoms with Gasteiger partial charge in [-0.05, 0) is 61.7 Å². The van der Waals surface area contributed by atoms with Gasteiger partial charge in [0.2, 0.25) is 5.91 Å². The highest BCUT2D eigenvalue weighted by Crippen LogP contribution is 2.33. The molecule has 0 aliphatic carbocycles. The first kappa shape index (κ1) is 25.8. The van der Waals surface area contributed by atoms with Gasteiger partial charge in [0, 0.05) is 48.4 Å². The van der Waals surface area contributed by atoms with Crippen molar-refractivity contribution in [3.8, 4) is 5.69 Å². The quantitative estimate of drug-likeness (QED) is 0.400. The average molecular weight is 546 g/mol. The highest BCUT2D eigenvalue weighted by Gasteiger charge is 2.39. The Morgan fingerprint density at radius 2 is 1.82 bits per heavy atom. The Bertz CT molecular complexity index is 1520. The topological polar surface area (TPSA) is 92.4 Å². The lowest BCUT2D eigenvalue weighted by Crippen LogP contribution is -2.52. The number of aromatic nitrogens is 3. The van der Waals surface area contributed by atoms with Gasteiger partial charge in [0.25, 0.3) is 5.56 Å². The number of fused-ring (bicyclic) bond motifs is 1. The van der Waals surface area contributed by atoms with Crippen LogP contribution >= 0.6 is 11.6 Å². The van der Waals surface area contributed by atoms with E-state index in [4.69, 9.17) is 11.6 Å². The number of likely N-dealkylation sites (tertiary alicyclic amines) is 1. The zero-order valence-electron chi connectivity index (χ0n) is 21.7. The van der Waals surface area contributed by atoms with Crippen molar-refractivity contribution in [1.82, 2.24) is 24.3 Å². The molecule has 0 unspecified atom stereocenters. The molecule has 2 aliphatic heterocycles. The van der Waals surface area contributed by atoms with E-state index in [2.05, 4.69) is 22.4 Å². The molecule has 4 aromatic rings. The maximum Gasteiger partial charge on any atom is 0.262 e. The molecule has 0 spiro atoms. The normalized spacial score (nSPS) is 21.2. The van der Waals surface area contributed by atoms with Crippen molar-refractivity contribution >= 4 is 28.5 Å². The third-order valence-corrected chi connectivity index (χ3v) is 8.52. The summed E-state index contributed by atoms with van der Waals surface area (Å²) in [5.74, 6) is 0.236. The molecule has 8 nitrogen and oxygen atoms in total. The first-order valence-electron chi connectivity index (χ1n) is 13.5. The molecule has 0 saturated carbocycles. The first-order valence-corrected chi connectivity index (χ1v) is 13.9. The molecule has 2 aromatic heterocycles. The van der Waals surface area contributed by atoms with Gasteiger partial charge < -0.3 is 19.9 Å². The molecule has 2 saturated heterocycles. The minimum absolute atomic E-state index is 0.0706. The largest absolute Gasteiger partial charge is 0.388 e. The van der Waals surface area contributed by atoms with Gasteiger partial charge in [-0.25, -0.2) is 4.98 Å². The molecule has 2 N–H and O–H groups in total. The number of hydrogen-bond acceptors (Lipinski definition) is 5. The molecular formula is C30H32ClN5O3. The Kier molecular flexibility index (Phi) is 7.01. The van der Waals surface area contributed by atoms with Crippen molar-refractivity contribution in [3.63, 3.8) is 0 Å². The van der Waals surface area contributed by atoms with Crippen molar-refractivity contribution in [1.29, 1.82) is 0 Å². The van der Waals surface area contributed by atoms with Gasteiger partial charge in [0.15, 0.2) is 5.65 Å². The van der Waals surface area contributed by atoms with Crippen LogP contribution in [0.5, 0.6) is 0 Å². The Hall–Kier alpha value is -3.46. The molecule has 2 aliphatic rings. The van der Waals surface area contributed by atoms with Crippen LogP contribution in [0.15, 0.2) is 78.0 Å². The second-order valence-corrected chi connectivity index (χ2v) is 11.2. The summed E-state index contributed by atoms with van der Waals surface area (Å²) < 4.78 is 3.34. The van der Waals surface area contributed by atoms with Crippen molar-refractivity contribution in [2.24, 2.45) is 5.92 Å². The molecule has 0 radical (unpaired) electrons. The summed E-state index contributed by atoms with van der Waals surface area (Å²) in [7, 11) is 0. The summed E-state index contributed by atoms with van der Waals surface area (Å²) in [6, 6.07) is 19.3. The molecule has 2 fully saturated rings. The molecule has 1 amide bonds. The molecule has 202 valence electrons. The second-order valence-electron chi connectivity index (χ2n) is 10.7. The number of halogens is 1. The monoisotopic (exact) mass is 545 g/mol. The molecule has 39 heavy (non-hydrogen) atoms. The third kappa shape index (κ3) is 5.12. The lowest BCUT2D eigenvalue weighted by molar-refractivity contribution is -0.141. The number of carbonyl (C=O) groups is 1. The van der Waals surface area contributed by atoms with E-state index in [-0.39, 0.29) is 29.8 Å². The van der Waals surface area contributed by atoms with E-state index >= 15 is 0 Å². The van der Waals surface area contributed by atoms with Crippen LogP contribution < -0.4 is 10.9 Å². The van der Waals surface area contributed by atoms with Crippen LogP contribution in [0.25, 0.3) is 16.7 Å². The van der Waals surface area contributed by atoms with E-state index in [1.165, 1.54) is 16.5 Å². The highest BCUT2D eigenvalue weighted by atomic mass is 35.5. The van der Waals surface area contributed by atoms with Gasteiger partial charge in [0.1, 0.15) is 6.33 Å². The predicted molar refractivity (Wildman–Crippen MR) is 151 cm³/mol. The molecule has 0 bridgehead atoms. The summed E-state index contributed by atoms with van der Waals surface area (Å²) in [5.41, 5.74) is 1.32. The highest BCUT2D eigenvalue weighted by molar-refractivity contribution is 6.30. The average Bonchev–Trinajstić information content (AvgIpc) is 3.40. The fraction of sp³-hybridized carbons (Fsp3) is 0.367. The molecule has 4 heterocycles. The molecule has 6 rings (SSSR count). The zero-order chi connectivity index (χ0) is 27.0. The molecule has 9 heteroatoms. The standard InChI is InChI=1S/C30H32ClN5O3/c31-22-6-8-23(9-7-22)36-15-11-25-27(36)33-20-35(29(25)38)19-30(39)12-16-34(17-13-30)28(37)24-10-14-32-18-26(24)21-4-2-1-3-5-21/h1-9,11,15,20,24,26,32,39H,10,12-14,16-19H2/t24-,26+/m1/s1. The van der Waals surface area contributed by atoms with Gasteiger partial charge in [-0.2, -0.15) is 0 Å². The van der Waals surface area contributed by atoms with Gasteiger partial charge in [0.05, 0.1) is 17.5 Å². The van der Waals surface area contributed by atoms with Crippen LogP contribution in [-0.4, -0.2) is 61.8 Å². The van der Waals surface area contributed by atoms with Crippen molar-refractivity contribution < 1.29 is 9.90 Å². The Morgan fingerprint density at radius 1 is 1.08 bits per heavy atom. The summed E-state index contributed by atoms with van der Waals surface area (Å²) in [4.78, 5) is 33.3. The van der Waals surface area contributed by atoms with Crippen LogP contribution in [0.2, 0.25) is 5.02 Å². The number of benzene rings is 2. The third-order valence-electron chi connectivity index (χ3n) is 8.27. The number of hydrogen-bond donors (Lipinski definition) is 2. The van der Waals surface area contributed by atoms with E-state index in [9.17, 15) is 14.7 Å². The Labute approximate surface area is 231 Å². The van der Waals surface area contributed by atoms with E-state index < -0.39 is 5.60 Å². The van der Waals surface area contributed by atoms with Crippen LogP contribution in [0, 0.1) is 5.92 Å². The molecule has 2 aromatic carbocycles. The van der Waals surface area contributed by atoms with Gasteiger partial charge >= 0.3 is 0 Å². The van der Waals surface area contributed by atoms with Crippen molar-refractivity contribution in [3.05, 3.63) is 94.1 Å². The minimum Gasteiger partial charge on any atom is -0.388 e. The fourth-order valence-corrected chi connectivity index (χ4v) is 6.16. The number of amides is 1. The van der Waals surface area contributed by atoms with Gasteiger partial charge in [-0.1, -0.05) is 41.9 Å². The Morgan fingerprint density at radius 3 is 2.56 bits per heavy atom. The predicted octanol–water partition coefficient (Wildman–Crippen LogP) is 3.59. The minimum atomic E-state index is -1.08. The maximum atomic E-state index is 13.6. The zero-order valence-corrected chi connectivity index (χ0v) is 22.4. The van der Waals surface area contributed by atoms with Crippen LogP contribution in [0.3, 0.4) is 0 Å². The van der Waals surface area contributed by atoms with Gasteiger partial charge in [-0.3, -0.25) is 14.2 Å². The van der Waals surface area contributed by atoms with Crippen molar-refractivity contribution in [2.45, 2.75) is 37.3 Å². The van der Waals surface area contributed by atoms with E-state index in [1.807, 2.05) is 46.0 Å².